The van der Waals surface area contributed by atoms with Crippen molar-refractivity contribution >= 4 is 8.72 Å². The van der Waals surface area contributed by atoms with Gasteiger partial charge in [-0.2, -0.15) is 0 Å². The van der Waals surface area contributed by atoms with Gasteiger partial charge < -0.3 is 8.85 Å². The van der Waals surface area contributed by atoms with Crippen LogP contribution in [-0.2, 0) is 8.85 Å². The van der Waals surface area contributed by atoms with Crippen molar-refractivity contribution in [2.24, 2.45) is 0 Å². The van der Waals surface area contributed by atoms with Gasteiger partial charge in [-0.1, -0.05) is 13.8 Å². The molecule has 0 saturated heterocycles. The van der Waals surface area contributed by atoms with Gasteiger partial charge in [-0.3, -0.25) is 4.57 Å². The quantitative estimate of drug-likeness (QED) is 0.593. The van der Waals surface area contributed by atoms with Crippen molar-refractivity contribution in [3.8, 4) is 0 Å². The van der Waals surface area contributed by atoms with Crippen molar-refractivity contribution in [1.82, 2.24) is 4.57 Å². The van der Waals surface area contributed by atoms with Crippen LogP contribution in [0.25, 0.3) is 0 Å². The van der Waals surface area contributed by atoms with E-state index < -0.39 is 8.72 Å². The standard InChI is InChI=1S/C9H23NO2Si/c1-6-8-10(9-7-2)13(5,11-3)12-4/h6-9H2,1-5H3. The lowest BCUT2D eigenvalue weighted by Crippen LogP contribution is -2.55. The molecule has 0 bridgehead atoms. The summed E-state index contributed by atoms with van der Waals surface area (Å²) >= 11 is 0. The molecule has 0 aromatic rings. The van der Waals surface area contributed by atoms with Crippen molar-refractivity contribution in [3.05, 3.63) is 0 Å². The van der Waals surface area contributed by atoms with Crippen LogP contribution in [0, 0.1) is 0 Å². The van der Waals surface area contributed by atoms with E-state index in [1.165, 1.54) is 0 Å². The Labute approximate surface area is 83.4 Å². The topological polar surface area (TPSA) is 21.7 Å². The summed E-state index contributed by atoms with van der Waals surface area (Å²) in [6.45, 7) is 8.60. The maximum atomic E-state index is 5.50. The summed E-state index contributed by atoms with van der Waals surface area (Å²) < 4.78 is 13.3. The molecule has 0 aliphatic carbocycles. The zero-order valence-electron chi connectivity index (χ0n) is 9.59. The molecular weight excluding hydrogens is 182 g/mol. The zero-order chi connectivity index (χ0) is 10.3. The van der Waals surface area contributed by atoms with E-state index in [9.17, 15) is 0 Å². The highest BCUT2D eigenvalue weighted by Crippen LogP contribution is 2.12. The molecule has 3 nitrogen and oxygen atoms in total. The molecule has 0 atom stereocenters. The first kappa shape index (κ1) is 13.1. The minimum Gasteiger partial charge on any atom is -0.386 e. The highest BCUT2D eigenvalue weighted by molar-refractivity contribution is 6.62. The molecule has 0 aromatic heterocycles. The molecule has 13 heavy (non-hydrogen) atoms. The molecule has 0 rings (SSSR count). The second-order valence-corrected chi connectivity index (χ2v) is 6.54. The van der Waals surface area contributed by atoms with Gasteiger partial charge in [-0.25, -0.2) is 0 Å². The summed E-state index contributed by atoms with van der Waals surface area (Å²) in [7, 11) is 1.45. The lowest BCUT2D eigenvalue weighted by molar-refractivity contribution is 0.168. The predicted octanol–water partition coefficient (Wildman–Crippen LogP) is 1.97. The van der Waals surface area contributed by atoms with E-state index in [0.29, 0.717) is 0 Å². The summed E-state index contributed by atoms with van der Waals surface area (Å²) in [5.74, 6) is 0. The van der Waals surface area contributed by atoms with Crippen LogP contribution < -0.4 is 0 Å². The molecule has 0 amide bonds. The third-order valence-electron chi connectivity index (χ3n) is 2.32. The molecule has 0 saturated carbocycles. The Morgan fingerprint density at radius 1 is 1.00 bits per heavy atom. The molecule has 0 N–H and O–H groups in total. The number of nitrogens with zero attached hydrogens (tertiary/aromatic N) is 1. The van der Waals surface area contributed by atoms with Crippen LogP contribution in [0.5, 0.6) is 0 Å². The Kier molecular flexibility index (Phi) is 6.58. The fourth-order valence-electron chi connectivity index (χ4n) is 1.40. The van der Waals surface area contributed by atoms with Crippen molar-refractivity contribution in [2.75, 3.05) is 27.3 Å². The van der Waals surface area contributed by atoms with Gasteiger partial charge in [0.25, 0.3) is 0 Å². The SMILES string of the molecule is CCCN(CCC)[Si](C)(OC)OC. The van der Waals surface area contributed by atoms with E-state index in [2.05, 4.69) is 25.0 Å². The second-order valence-electron chi connectivity index (χ2n) is 3.29. The number of hydrogen-bond acceptors (Lipinski definition) is 3. The Hall–Kier alpha value is 0.0969. The van der Waals surface area contributed by atoms with Gasteiger partial charge in [0.15, 0.2) is 0 Å². The van der Waals surface area contributed by atoms with E-state index in [1.54, 1.807) is 14.2 Å². The van der Waals surface area contributed by atoms with Crippen LogP contribution in [-0.4, -0.2) is 40.6 Å². The molecule has 0 aliphatic rings. The van der Waals surface area contributed by atoms with Crippen LogP contribution >= 0.6 is 0 Å². The monoisotopic (exact) mass is 205 g/mol. The van der Waals surface area contributed by atoms with Gasteiger partial charge in [0.05, 0.1) is 0 Å². The predicted molar refractivity (Wildman–Crippen MR) is 57.8 cm³/mol. The smallest absolute Gasteiger partial charge is 0.386 e. The Bertz CT molecular complexity index is 123. The molecule has 0 fully saturated rings. The second kappa shape index (κ2) is 6.54. The largest absolute Gasteiger partial charge is 0.424 e. The van der Waals surface area contributed by atoms with E-state index in [1.807, 2.05) is 0 Å². The minimum atomic E-state index is -2.04. The Morgan fingerprint density at radius 3 is 1.62 bits per heavy atom. The third kappa shape index (κ3) is 3.77. The molecule has 0 aromatic carbocycles. The summed E-state index contributed by atoms with van der Waals surface area (Å²) in [6, 6.07) is 0. The van der Waals surface area contributed by atoms with Crippen molar-refractivity contribution in [2.45, 2.75) is 33.2 Å². The third-order valence-corrected chi connectivity index (χ3v) is 5.43. The van der Waals surface area contributed by atoms with Gasteiger partial charge in [0.1, 0.15) is 0 Å². The van der Waals surface area contributed by atoms with Crippen LogP contribution in [0.4, 0.5) is 0 Å². The van der Waals surface area contributed by atoms with E-state index in [-0.39, 0.29) is 0 Å². The minimum absolute atomic E-state index is 1.07. The molecular formula is C9H23NO2Si. The van der Waals surface area contributed by atoms with Crippen molar-refractivity contribution < 1.29 is 8.85 Å². The highest BCUT2D eigenvalue weighted by Gasteiger charge is 2.36. The summed E-state index contributed by atoms with van der Waals surface area (Å²) in [5, 5.41) is 0. The maximum absolute atomic E-state index is 5.50. The zero-order valence-corrected chi connectivity index (χ0v) is 10.6. The lowest BCUT2D eigenvalue weighted by atomic mass is 10.4. The van der Waals surface area contributed by atoms with E-state index in [4.69, 9.17) is 8.85 Å². The molecule has 80 valence electrons. The average molecular weight is 205 g/mol. The number of hydrogen-bond donors (Lipinski definition) is 0. The molecule has 0 unspecified atom stereocenters. The van der Waals surface area contributed by atoms with E-state index in [0.717, 1.165) is 25.9 Å². The average Bonchev–Trinajstić information content (AvgIpc) is 2.16. The van der Waals surface area contributed by atoms with Crippen LogP contribution in [0.1, 0.15) is 26.7 Å². The fraction of sp³-hybridized carbons (Fsp3) is 1.00. The van der Waals surface area contributed by atoms with Gasteiger partial charge >= 0.3 is 8.72 Å². The van der Waals surface area contributed by atoms with Gasteiger partial charge in [-0.05, 0) is 32.5 Å². The van der Waals surface area contributed by atoms with Crippen LogP contribution in [0.15, 0.2) is 0 Å². The molecule has 0 radical (unpaired) electrons. The van der Waals surface area contributed by atoms with Crippen molar-refractivity contribution in [3.63, 3.8) is 0 Å². The van der Waals surface area contributed by atoms with Gasteiger partial charge in [-0.15, -0.1) is 0 Å². The first-order valence-electron chi connectivity index (χ1n) is 5.00. The molecule has 0 aliphatic heterocycles. The first-order valence-corrected chi connectivity index (χ1v) is 7.26. The lowest BCUT2D eigenvalue weighted by Gasteiger charge is -2.35. The maximum Gasteiger partial charge on any atom is 0.424 e. The summed E-state index contributed by atoms with van der Waals surface area (Å²) in [6.07, 6.45) is 2.30. The van der Waals surface area contributed by atoms with Crippen LogP contribution in [0.3, 0.4) is 0 Å². The Morgan fingerprint density at radius 2 is 1.38 bits per heavy atom. The van der Waals surface area contributed by atoms with Gasteiger partial charge in [0, 0.05) is 14.2 Å². The van der Waals surface area contributed by atoms with Crippen molar-refractivity contribution in [1.29, 1.82) is 0 Å². The molecule has 0 heterocycles. The normalized spacial score (nSPS) is 12.5. The molecule has 4 heteroatoms. The Balaban J connectivity index is 4.28. The number of rotatable bonds is 7. The summed E-state index contributed by atoms with van der Waals surface area (Å²) in [4.78, 5) is 0. The van der Waals surface area contributed by atoms with E-state index >= 15 is 0 Å². The first-order chi connectivity index (χ1) is 6.14. The van der Waals surface area contributed by atoms with Gasteiger partial charge in [0.2, 0.25) is 0 Å². The summed E-state index contributed by atoms with van der Waals surface area (Å²) in [5.41, 5.74) is 0. The highest BCUT2D eigenvalue weighted by atomic mass is 28.4. The fourth-order valence-corrected chi connectivity index (χ4v) is 3.34. The van der Waals surface area contributed by atoms with Crippen LogP contribution in [0.2, 0.25) is 6.55 Å². The molecule has 0 spiro atoms.